The predicted molar refractivity (Wildman–Crippen MR) is 74.3 cm³/mol. The smallest absolute Gasteiger partial charge is 0.346 e. The summed E-state index contributed by atoms with van der Waals surface area (Å²) in [5, 5.41) is 0. The number of amidine groups is 1. The minimum atomic E-state index is -0.291. The fourth-order valence-electron chi connectivity index (χ4n) is 2.32. The van der Waals surface area contributed by atoms with E-state index in [4.69, 9.17) is 10.5 Å². The highest BCUT2D eigenvalue weighted by atomic mass is 16.5. The summed E-state index contributed by atoms with van der Waals surface area (Å²) in [6.07, 6.45) is 0. The van der Waals surface area contributed by atoms with E-state index in [1.54, 1.807) is 12.0 Å². The van der Waals surface area contributed by atoms with Gasteiger partial charge in [-0.2, -0.15) is 4.99 Å². The van der Waals surface area contributed by atoms with Crippen LogP contribution in [0.1, 0.15) is 22.7 Å². The van der Waals surface area contributed by atoms with Gasteiger partial charge in [-0.15, -0.1) is 0 Å². The molecule has 5 nitrogen and oxygen atoms in total. The standard InChI is InChI=1S/C14H19N3O2/c1-9-5-4-6-11(10(9)2)12-13(15)16-14(18)17(12)7-8-19-3/h4-6,12H,7-8H2,1-3H3,(H2,15,16,18). The third-order valence-corrected chi connectivity index (χ3v) is 3.54. The molecule has 0 radical (unpaired) electrons. The van der Waals surface area contributed by atoms with Gasteiger partial charge in [-0.1, -0.05) is 18.2 Å². The first-order valence-electron chi connectivity index (χ1n) is 6.26. The van der Waals surface area contributed by atoms with Crippen LogP contribution in [0.3, 0.4) is 0 Å². The van der Waals surface area contributed by atoms with E-state index in [2.05, 4.69) is 4.99 Å². The molecule has 1 unspecified atom stereocenters. The highest BCUT2D eigenvalue weighted by Gasteiger charge is 2.35. The van der Waals surface area contributed by atoms with Gasteiger partial charge in [-0.25, -0.2) is 4.79 Å². The molecule has 1 atom stereocenters. The lowest BCUT2D eigenvalue weighted by Gasteiger charge is -2.26. The second-order valence-corrected chi connectivity index (χ2v) is 4.70. The van der Waals surface area contributed by atoms with Gasteiger partial charge < -0.3 is 15.4 Å². The Kier molecular flexibility index (Phi) is 3.85. The number of amides is 2. The molecule has 1 heterocycles. The molecule has 0 aromatic heterocycles. The van der Waals surface area contributed by atoms with Crippen LogP contribution in [0, 0.1) is 13.8 Å². The summed E-state index contributed by atoms with van der Waals surface area (Å²) in [5.41, 5.74) is 9.28. The molecule has 1 aromatic carbocycles. The number of methoxy groups -OCH3 is 1. The Bertz CT molecular complexity index is 525. The molecule has 1 aliphatic heterocycles. The van der Waals surface area contributed by atoms with Crippen molar-refractivity contribution in [2.45, 2.75) is 19.9 Å². The molecule has 102 valence electrons. The number of aryl methyl sites for hydroxylation is 1. The number of benzene rings is 1. The zero-order valence-corrected chi connectivity index (χ0v) is 11.5. The van der Waals surface area contributed by atoms with Crippen LogP contribution >= 0.6 is 0 Å². The van der Waals surface area contributed by atoms with Crippen molar-refractivity contribution in [3.05, 3.63) is 34.9 Å². The highest BCUT2D eigenvalue weighted by Crippen LogP contribution is 2.30. The van der Waals surface area contributed by atoms with E-state index < -0.39 is 0 Å². The number of carbonyl (C=O) groups excluding carboxylic acids is 1. The molecule has 1 aromatic rings. The van der Waals surface area contributed by atoms with E-state index >= 15 is 0 Å². The van der Waals surface area contributed by atoms with Crippen LogP contribution in [-0.4, -0.2) is 37.0 Å². The summed E-state index contributed by atoms with van der Waals surface area (Å²) >= 11 is 0. The van der Waals surface area contributed by atoms with Crippen molar-refractivity contribution < 1.29 is 9.53 Å². The molecule has 5 heteroatoms. The number of carbonyl (C=O) groups is 1. The summed E-state index contributed by atoms with van der Waals surface area (Å²) < 4.78 is 5.04. The number of aliphatic imine (C=N–C) groups is 1. The zero-order valence-electron chi connectivity index (χ0n) is 11.5. The van der Waals surface area contributed by atoms with Gasteiger partial charge in [-0.3, -0.25) is 0 Å². The van der Waals surface area contributed by atoms with Gasteiger partial charge in [-0.05, 0) is 30.5 Å². The van der Waals surface area contributed by atoms with Crippen LogP contribution in [0.5, 0.6) is 0 Å². The molecule has 0 spiro atoms. The average molecular weight is 261 g/mol. The van der Waals surface area contributed by atoms with E-state index in [0.29, 0.717) is 19.0 Å². The molecule has 2 N–H and O–H groups in total. The largest absolute Gasteiger partial charge is 0.385 e. The number of nitrogens with zero attached hydrogens (tertiary/aromatic N) is 2. The van der Waals surface area contributed by atoms with Crippen molar-refractivity contribution in [3.8, 4) is 0 Å². The van der Waals surface area contributed by atoms with Gasteiger partial charge >= 0.3 is 6.03 Å². The third-order valence-electron chi connectivity index (χ3n) is 3.54. The van der Waals surface area contributed by atoms with E-state index in [0.717, 1.165) is 11.1 Å². The molecule has 2 rings (SSSR count). The maximum Gasteiger partial charge on any atom is 0.346 e. The van der Waals surface area contributed by atoms with Crippen molar-refractivity contribution >= 4 is 11.9 Å². The Morgan fingerprint density at radius 2 is 2.16 bits per heavy atom. The van der Waals surface area contributed by atoms with Gasteiger partial charge in [0.25, 0.3) is 0 Å². The van der Waals surface area contributed by atoms with Gasteiger partial charge in [0.1, 0.15) is 11.9 Å². The summed E-state index contributed by atoms with van der Waals surface area (Å²) in [6.45, 7) is 5.03. The van der Waals surface area contributed by atoms with Gasteiger partial charge in [0.2, 0.25) is 0 Å². The first kappa shape index (κ1) is 13.5. The Labute approximate surface area is 113 Å². The number of rotatable bonds is 4. The minimum Gasteiger partial charge on any atom is -0.385 e. The minimum absolute atomic E-state index is 0.275. The molecule has 19 heavy (non-hydrogen) atoms. The second kappa shape index (κ2) is 5.40. The SMILES string of the molecule is COCCN1C(=O)N=C(N)C1c1cccc(C)c1C. The molecule has 1 aliphatic rings. The number of hydrogen-bond acceptors (Lipinski definition) is 3. The van der Waals surface area contributed by atoms with Crippen LogP contribution in [0.4, 0.5) is 4.79 Å². The maximum atomic E-state index is 11.9. The summed E-state index contributed by atoms with van der Waals surface area (Å²) in [4.78, 5) is 17.4. The van der Waals surface area contributed by atoms with Gasteiger partial charge in [0.15, 0.2) is 0 Å². The fourth-order valence-corrected chi connectivity index (χ4v) is 2.32. The van der Waals surface area contributed by atoms with E-state index in [1.165, 1.54) is 5.56 Å². The summed E-state index contributed by atoms with van der Waals surface area (Å²) in [7, 11) is 1.61. The lowest BCUT2D eigenvalue weighted by Crippen LogP contribution is -2.36. The van der Waals surface area contributed by atoms with Gasteiger partial charge in [0.05, 0.1) is 6.61 Å². The molecule has 0 fully saturated rings. The molecule has 0 saturated carbocycles. The predicted octanol–water partition coefficient (Wildman–Crippen LogP) is 1.78. The summed E-state index contributed by atoms with van der Waals surface area (Å²) in [5.74, 6) is 0.356. The maximum absolute atomic E-state index is 11.9. The number of nitrogens with two attached hydrogens (primary N) is 1. The number of urea groups is 1. The van der Waals surface area contributed by atoms with Crippen molar-refractivity contribution in [2.75, 3.05) is 20.3 Å². The van der Waals surface area contributed by atoms with E-state index in [1.807, 2.05) is 32.0 Å². The van der Waals surface area contributed by atoms with Crippen molar-refractivity contribution in [2.24, 2.45) is 10.7 Å². The second-order valence-electron chi connectivity index (χ2n) is 4.70. The molecular weight excluding hydrogens is 242 g/mol. The van der Waals surface area contributed by atoms with E-state index in [-0.39, 0.29) is 12.1 Å². The summed E-state index contributed by atoms with van der Waals surface area (Å²) in [6, 6.07) is 5.45. The molecular formula is C14H19N3O2. The Morgan fingerprint density at radius 1 is 1.42 bits per heavy atom. The van der Waals surface area contributed by atoms with Crippen LogP contribution < -0.4 is 5.73 Å². The normalized spacial score (nSPS) is 18.9. The number of ether oxygens (including phenoxy) is 1. The van der Waals surface area contributed by atoms with Crippen LogP contribution in [-0.2, 0) is 4.74 Å². The molecule has 0 bridgehead atoms. The van der Waals surface area contributed by atoms with Crippen molar-refractivity contribution in [1.29, 1.82) is 0 Å². The first-order valence-corrected chi connectivity index (χ1v) is 6.26. The monoisotopic (exact) mass is 261 g/mol. The molecule has 2 amide bonds. The Balaban J connectivity index is 2.37. The third kappa shape index (κ3) is 2.46. The van der Waals surface area contributed by atoms with E-state index in [9.17, 15) is 4.79 Å². The van der Waals surface area contributed by atoms with Crippen LogP contribution in [0.25, 0.3) is 0 Å². The zero-order chi connectivity index (χ0) is 14.0. The van der Waals surface area contributed by atoms with Crippen LogP contribution in [0.2, 0.25) is 0 Å². The Morgan fingerprint density at radius 3 is 2.84 bits per heavy atom. The van der Waals surface area contributed by atoms with Crippen LogP contribution in [0.15, 0.2) is 23.2 Å². The van der Waals surface area contributed by atoms with Gasteiger partial charge in [0, 0.05) is 13.7 Å². The molecule has 0 saturated heterocycles. The topological polar surface area (TPSA) is 67.9 Å². The molecule has 0 aliphatic carbocycles. The average Bonchev–Trinajstić information content (AvgIpc) is 2.65. The number of hydrogen-bond donors (Lipinski definition) is 1. The lowest BCUT2D eigenvalue weighted by molar-refractivity contribution is 0.150. The quantitative estimate of drug-likeness (QED) is 0.898. The fraction of sp³-hybridized carbons (Fsp3) is 0.429. The first-order chi connectivity index (χ1) is 9.06. The Hall–Kier alpha value is -1.88. The van der Waals surface area contributed by atoms with Crippen molar-refractivity contribution in [1.82, 2.24) is 4.90 Å². The highest BCUT2D eigenvalue weighted by molar-refractivity contribution is 6.03. The van der Waals surface area contributed by atoms with Crippen molar-refractivity contribution in [3.63, 3.8) is 0 Å². The lowest BCUT2D eigenvalue weighted by atomic mass is 9.96.